The summed E-state index contributed by atoms with van der Waals surface area (Å²) in [5.41, 5.74) is 0.831. The molecule has 1 aliphatic heterocycles. The highest BCUT2D eigenvalue weighted by Crippen LogP contribution is 2.21. The van der Waals surface area contributed by atoms with Gasteiger partial charge < -0.3 is 21.1 Å². The van der Waals surface area contributed by atoms with Crippen LogP contribution in [0.4, 0.5) is 10.5 Å². The van der Waals surface area contributed by atoms with E-state index >= 15 is 0 Å². The molecule has 0 bridgehead atoms. The Morgan fingerprint density at radius 3 is 2.64 bits per heavy atom. The molecule has 0 saturated carbocycles. The number of aliphatic hydroxyl groups is 1. The second-order valence-corrected chi connectivity index (χ2v) is 6.78. The fourth-order valence-electron chi connectivity index (χ4n) is 2.75. The highest BCUT2D eigenvalue weighted by atomic mass is 35.5. The highest BCUT2D eigenvalue weighted by Gasteiger charge is 2.33. The number of β-amino-alcohol motifs (C(OH)–C–C–N with tert-alkyl or cyclic N) is 1. The lowest BCUT2D eigenvalue weighted by Crippen LogP contribution is -2.45. The summed E-state index contributed by atoms with van der Waals surface area (Å²) in [5, 5.41) is 18.5. The first-order chi connectivity index (χ1) is 11.8. The van der Waals surface area contributed by atoms with Crippen LogP contribution in [0.5, 0.6) is 0 Å². The minimum Gasteiger partial charge on any atom is -0.390 e. The zero-order valence-corrected chi connectivity index (χ0v) is 15.4. The van der Waals surface area contributed by atoms with Gasteiger partial charge in [-0.15, -0.1) is 0 Å². The molecule has 0 unspecified atom stereocenters. The van der Waals surface area contributed by atoms with E-state index in [4.69, 9.17) is 11.6 Å². The summed E-state index contributed by atoms with van der Waals surface area (Å²) in [4.78, 5) is 26.1. The van der Waals surface area contributed by atoms with Gasteiger partial charge in [0.2, 0.25) is 0 Å². The van der Waals surface area contributed by atoms with Crippen molar-refractivity contribution in [2.75, 3.05) is 25.0 Å². The number of amides is 3. The van der Waals surface area contributed by atoms with Crippen LogP contribution in [0.1, 0.15) is 31.1 Å². The topological polar surface area (TPSA) is 93.7 Å². The predicted molar refractivity (Wildman–Crippen MR) is 98.1 cm³/mol. The molecule has 138 valence electrons. The molecule has 1 aromatic carbocycles. The average molecular weight is 369 g/mol. The average Bonchev–Trinajstić information content (AvgIpc) is 2.88. The zero-order valence-electron chi connectivity index (χ0n) is 14.7. The Labute approximate surface area is 152 Å². The fourth-order valence-corrected chi connectivity index (χ4v) is 3.01. The smallest absolute Gasteiger partial charge is 0.319 e. The van der Waals surface area contributed by atoms with E-state index in [0.717, 1.165) is 0 Å². The van der Waals surface area contributed by atoms with Crippen LogP contribution in [-0.4, -0.2) is 59.8 Å². The van der Waals surface area contributed by atoms with Gasteiger partial charge in [0, 0.05) is 31.4 Å². The molecule has 1 heterocycles. The lowest BCUT2D eigenvalue weighted by molar-refractivity contribution is 0.0956. The SMILES string of the molecule is CCNC(=O)c1ccc(NC(=O)N[C@@H]2CN(C(C)C)C[C@H]2O)cc1Cl. The number of likely N-dealkylation sites (tertiary alicyclic amines) is 1. The number of carbonyl (C=O) groups excluding carboxylic acids is 2. The van der Waals surface area contributed by atoms with Crippen LogP contribution in [0.3, 0.4) is 0 Å². The van der Waals surface area contributed by atoms with Crippen LogP contribution in [-0.2, 0) is 0 Å². The molecule has 1 aromatic rings. The molecule has 25 heavy (non-hydrogen) atoms. The summed E-state index contributed by atoms with van der Waals surface area (Å²) < 4.78 is 0. The van der Waals surface area contributed by atoms with Crippen molar-refractivity contribution < 1.29 is 14.7 Å². The number of nitrogens with zero attached hydrogens (tertiary/aromatic N) is 1. The van der Waals surface area contributed by atoms with Gasteiger partial charge >= 0.3 is 6.03 Å². The molecule has 1 saturated heterocycles. The number of urea groups is 1. The number of carbonyl (C=O) groups is 2. The molecular formula is C17H25ClN4O3. The number of nitrogens with one attached hydrogen (secondary N) is 3. The van der Waals surface area contributed by atoms with Crippen molar-refractivity contribution in [2.24, 2.45) is 0 Å². The predicted octanol–water partition coefficient (Wildman–Crippen LogP) is 1.66. The molecule has 2 rings (SSSR count). The lowest BCUT2D eigenvalue weighted by atomic mass is 10.2. The normalized spacial score (nSPS) is 20.6. The first-order valence-corrected chi connectivity index (χ1v) is 8.77. The molecule has 3 amide bonds. The van der Waals surface area contributed by atoms with Crippen molar-refractivity contribution in [3.63, 3.8) is 0 Å². The van der Waals surface area contributed by atoms with Gasteiger partial charge in [-0.1, -0.05) is 11.6 Å². The number of rotatable bonds is 5. The summed E-state index contributed by atoms with van der Waals surface area (Å²) in [7, 11) is 0. The molecule has 0 aromatic heterocycles. The third-order valence-corrected chi connectivity index (χ3v) is 4.49. The van der Waals surface area contributed by atoms with Crippen LogP contribution in [0.2, 0.25) is 5.02 Å². The van der Waals surface area contributed by atoms with Gasteiger partial charge in [-0.3, -0.25) is 9.69 Å². The number of anilines is 1. The third-order valence-electron chi connectivity index (χ3n) is 4.17. The molecule has 0 spiro atoms. The minimum atomic E-state index is -0.600. The molecule has 1 aliphatic rings. The number of aliphatic hydroxyl groups excluding tert-OH is 1. The Bertz CT molecular complexity index is 638. The van der Waals surface area contributed by atoms with Gasteiger partial charge in [-0.05, 0) is 39.0 Å². The first kappa shape index (κ1) is 19.5. The van der Waals surface area contributed by atoms with Crippen LogP contribution in [0, 0.1) is 0 Å². The molecule has 8 heteroatoms. The molecule has 2 atom stereocenters. The second kappa shape index (κ2) is 8.51. The van der Waals surface area contributed by atoms with E-state index in [1.165, 1.54) is 6.07 Å². The van der Waals surface area contributed by atoms with Gasteiger partial charge in [0.15, 0.2) is 0 Å². The van der Waals surface area contributed by atoms with Crippen LogP contribution >= 0.6 is 11.6 Å². The molecule has 7 nitrogen and oxygen atoms in total. The van der Waals surface area contributed by atoms with E-state index in [2.05, 4.69) is 20.9 Å². The molecular weight excluding hydrogens is 344 g/mol. The van der Waals surface area contributed by atoms with Gasteiger partial charge in [-0.2, -0.15) is 0 Å². The Hall–Kier alpha value is -1.83. The van der Waals surface area contributed by atoms with Crippen molar-refractivity contribution in [1.29, 1.82) is 0 Å². The van der Waals surface area contributed by atoms with Crippen LogP contribution < -0.4 is 16.0 Å². The van der Waals surface area contributed by atoms with Gasteiger partial charge in [0.25, 0.3) is 5.91 Å². The maximum Gasteiger partial charge on any atom is 0.319 e. The van der Waals surface area contributed by atoms with Crippen LogP contribution in [0.25, 0.3) is 0 Å². The van der Waals surface area contributed by atoms with Crippen LogP contribution in [0.15, 0.2) is 18.2 Å². The Morgan fingerprint density at radius 2 is 2.08 bits per heavy atom. The summed E-state index contributed by atoms with van der Waals surface area (Å²) in [6, 6.07) is 4.26. The minimum absolute atomic E-state index is 0.258. The largest absolute Gasteiger partial charge is 0.390 e. The summed E-state index contributed by atoms with van der Waals surface area (Å²) in [6.07, 6.45) is -0.600. The van der Waals surface area contributed by atoms with E-state index in [9.17, 15) is 14.7 Å². The fraction of sp³-hybridized carbons (Fsp3) is 0.529. The Balaban J connectivity index is 1.95. The van der Waals surface area contributed by atoms with Gasteiger partial charge in [-0.25, -0.2) is 4.79 Å². The number of hydrogen-bond acceptors (Lipinski definition) is 4. The molecule has 4 N–H and O–H groups in total. The first-order valence-electron chi connectivity index (χ1n) is 8.39. The van der Waals surface area contributed by atoms with Crippen molar-refractivity contribution in [1.82, 2.24) is 15.5 Å². The van der Waals surface area contributed by atoms with Gasteiger partial charge in [0.05, 0.1) is 22.7 Å². The number of benzene rings is 1. The van der Waals surface area contributed by atoms with Crippen molar-refractivity contribution in [3.05, 3.63) is 28.8 Å². The zero-order chi connectivity index (χ0) is 18.6. The summed E-state index contributed by atoms with van der Waals surface area (Å²) >= 11 is 6.11. The van der Waals surface area contributed by atoms with E-state index in [-0.39, 0.29) is 17.0 Å². The Morgan fingerprint density at radius 1 is 1.36 bits per heavy atom. The number of halogens is 1. The van der Waals surface area contributed by atoms with Crippen molar-refractivity contribution in [2.45, 2.75) is 39.0 Å². The maximum atomic E-state index is 12.1. The van der Waals surface area contributed by atoms with E-state index in [1.807, 2.05) is 20.8 Å². The quantitative estimate of drug-likeness (QED) is 0.636. The molecule has 0 radical (unpaired) electrons. The lowest BCUT2D eigenvalue weighted by Gasteiger charge is -2.20. The standard InChI is InChI=1S/C17H25ClN4O3/c1-4-19-16(24)12-6-5-11(7-13(12)18)20-17(25)21-14-8-22(10(2)3)9-15(14)23/h5-7,10,14-15,23H,4,8-9H2,1-3H3,(H,19,24)(H2,20,21,25)/t14-,15-/m1/s1. The maximum absolute atomic E-state index is 12.1. The Kier molecular flexibility index (Phi) is 6.64. The molecule has 0 aliphatic carbocycles. The summed E-state index contributed by atoms with van der Waals surface area (Å²) in [6.45, 7) is 7.57. The molecule has 1 fully saturated rings. The van der Waals surface area contributed by atoms with E-state index in [0.29, 0.717) is 36.9 Å². The second-order valence-electron chi connectivity index (χ2n) is 6.37. The van der Waals surface area contributed by atoms with Gasteiger partial charge in [0.1, 0.15) is 0 Å². The third kappa shape index (κ3) is 5.07. The van der Waals surface area contributed by atoms with E-state index in [1.54, 1.807) is 12.1 Å². The van der Waals surface area contributed by atoms with Crippen molar-refractivity contribution >= 4 is 29.2 Å². The van der Waals surface area contributed by atoms with Crippen molar-refractivity contribution in [3.8, 4) is 0 Å². The van der Waals surface area contributed by atoms with E-state index < -0.39 is 12.1 Å². The number of hydrogen-bond donors (Lipinski definition) is 4. The summed E-state index contributed by atoms with van der Waals surface area (Å²) in [5.74, 6) is -0.258. The monoisotopic (exact) mass is 368 g/mol. The highest BCUT2D eigenvalue weighted by molar-refractivity contribution is 6.34.